The minimum atomic E-state index is -0.270. The molecule has 0 radical (unpaired) electrons. The molecule has 1 saturated heterocycles. The first kappa shape index (κ1) is 11.7. The van der Waals surface area contributed by atoms with Gasteiger partial charge < -0.3 is 15.0 Å². The lowest BCUT2D eigenvalue weighted by molar-refractivity contribution is -0.116. The van der Waals surface area contributed by atoms with E-state index in [4.69, 9.17) is 16.3 Å². The lowest BCUT2D eigenvalue weighted by Crippen LogP contribution is -2.41. The summed E-state index contributed by atoms with van der Waals surface area (Å²) in [5, 5.41) is 2.83. The van der Waals surface area contributed by atoms with Gasteiger partial charge in [-0.15, -0.1) is 0 Å². The van der Waals surface area contributed by atoms with Crippen LogP contribution in [-0.2, 0) is 9.53 Å². The van der Waals surface area contributed by atoms with E-state index in [2.05, 4.69) is 15.2 Å². The molecule has 3 rings (SSSR count). The number of hydrogen-bond acceptors (Lipinski definition) is 4. The third-order valence-electron chi connectivity index (χ3n) is 3.29. The molecule has 2 aliphatic heterocycles. The zero-order valence-electron chi connectivity index (χ0n) is 9.80. The fourth-order valence-electron chi connectivity index (χ4n) is 2.49. The molecule has 96 valence electrons. The number of alkyl halides is 1. The van der Waals surface area contributed by atoms with E-state index in [9.17, 15) is 4.79 Å². The van der Waals surface area contributed by atoms with Crippen LogP contribution < -0.4 is 10.2 Å². The van der Waals surface area contributed by atoms with Crippen LogP contribution in [0.4, 0.5) is 11.5 Å². The SMILES string of the molecule is O=C1CC2CCOCC(Cl)N2c2cccnc2N1. The summed E-state index contributed by atoms with van der Waals surface area (Å²) in [4.78, 5) is 18.1. The number of amides is 1. The average molecular weight is 268 g/mol. The Morgan fingerprint density at radius 3 is 3.33 bits per heavy atom. The molecule has 2 unspecified atom stereocenters. The highest BCUT2D eigenvalue weighted by molar-refractivity contribution is 6.22. The first-order chi connectivity index (χ1) is 8.75. The van der Waals surface area contributed by atoms with Gasteiger partial charge in [-0.2, -0.15) is 0 Å². The Morgan fingerprint density at radius 1 is 1.56 bits per heavy atom. The van der Waals surface area contributed by atoms with Crippen LogP contribution in [0.25, 0.3) is 0 Å². The van der Waals surface area contributed by atoms with Crippen molar-refractivity contribution in [3.8, 4) is 0 Å². The van der Waals surface area contributed by atoms with Crippen LogP contribution in [0.5, 0.6) is 0 Å². The number of halogens is 1. The summed E-state index contributed by atoms with van der Waals surface area (Å²) in [6.07, 6.45) is 2.88. The highest BCUT2D eigenvalue weighted by atomic mass is 35.5. The van der Waals surface area contributed by atoms with E-state index in [-0.39, 0.29) is 17.5 Å². The van der Waals surface area contributed by atoms with Crippen LogP contribution >= 0.6 is 11.6 Å². The Morgan fingerprint density at radius 2 is 2.44 bits per heavy atom. The predicted molar refractivity (Wildman–Crippen MR) is 68.8 cm³/mol. The summed E-state index contributed by atoms with van der Waals surface area (Å²) in [7, 11) is 0. The molecule has 3 heterocycles. The smallest absolute Gasteiger partial charge is 0.227 e. The molecule has 1 aromatic heterocycles. The molecule has 5 nitrogen and oxygen atoms in total. The van der Waals surface area contributed by atoms with Crippen LogP contribution in [0.3, 0.4) is 0 Å². The van der Waals surface area contributed by atoms with Gasteiger partial charge in [0.2, 0.25) is 5.91 Å². The van der Waals surface area contributed by atoms with Crippen molar-refractivity contribution in [3.63, 3.8) is 0 Å². The second-order valence-electron chi connectivity index (χ2n) is 4.48. The maximum absolute atomic E-state index is 11.9. The number of fused-ring (bicyclic) bond motifs is 3. The second-order valence-corrected chi connectivity index (χ2v) is 4.99. The molecule has 2 atom stereocenters. The third-order valence-corrected chi connectivity index (χ3v) is 3.63. The number of rotatable bonds is 0. The van der Waals surface area contributed by atoms with Crippen molar-refractivity contribution in [1.29, 1.82) is 0 Å². The van der Waals surface area contributed by atoms with Gasteiger partial charge in [-0.05, 0) is 18.6 Å². The Labute approximate surface area is 110 Å². The molecule has 18 heavy (non-hydrogen) atoms. The van der Waals surface area contributed by atoms with Crippen molar-refractivity contribution in [1.82, 2.24) is 4.98 Å². The highest BCUT2D eigenvalue weighted by Crippen LogP contribution is 2.34. The topological polar surface area (TPSA) is 54.5 Å². The minimum absolute atomic E-state index is 0.0202. The number of aromatic nitrogens is 1. The number of anilines is 2. The zero-order valence-corrected chi connectivity index (χ0v) is 10.6. The minimum Gasteiger partial charge on any atom is -0.378 e. The number of carbonyl (C=O) groups excluding carboxylic acids is 1. The van der Waals surface area contributed by atoms with Crippen LogP contribution in [0, 0.1) is 0 Å². The molecule has 1 fully saturated rings. The van der Waals surface area contributed by atoms with Gasteiger partial charge in [-0.25, -0.2) is 4.98 Å². The normalized spacial score (nSPS) is 27.6. The van der Waals surface area contributed by atoms with E-state index >= 15 is 0 Å². The van der Waals surface area contributed by atoms with Crippen molar-refractivity contribution in [3.05, 3.63) is 18.3 Å². The number of carbonyl (C=O) groups is 1. The van der Waals surface area contributed by atoms with Gasteiger partial charge in [0.05, 0.1) is 12.3 Å². The molecule has 0 aliphatic carbocycles. The Bertz CT molecular complexity index is 468. The summed E-state index contributed by atoms with van der Waals surface area (Å²) >= 11 is 6.38. The van der Waals surface area contributed by atoms with Crippen molar-refractivity contribution in [2.75, 3.05) is 23.4 Å². The van der Waals surface area contributed by atoms with Gasteiger partial charge in [-0.3, -0.25) is 4.79 Å². The van der Waals surface area contributed by atoms with Gasteiger partial charge in [0, 0.05) is 25.3 Å². The van der Waals surface area contributed by atoms with Gasteiger partial charge in [0.25, 0.3) is 0 Å². The molecular formula is C12H14ClN3O2. The van der Waals surface area contributed by atoms with Gasteiger partial charge >= 0.3 is 0 Å². The number of nitrogens with zero attached hydrogens (tertiary/aromatic N) is 2. The van der Waals surface area contributed by atoms with Gasteiger partial charge in [0.15, 0.2) is 5.82 Å². The quantitative estimate of drug-likeness (QED) is 0.573. The molecule has 0 bridgehead atoms. The summed E-state index contributed by atoms with van der Waals surface area (Å²) in [6, 6.07) is 3.85. The molecule has 6 heteroatoms. The molecule has 1 aromatic rings. The Hall–Kier alpha value is -1.33. The average Bonchev–Trinajstić information content (AvgIpc) is 2.60. The number of ether oxygens (including phenoxy) is 1. The van der Waals surface area contributed by atoms with E-state index in [1.165, 1.54) is 0 Å². The zero-order chi connectivity index (χ0) is 12.5. The maximum atomic E-state index is 11.9. The van der Waals surface area contributed by atoms with E-state index in [1.807, 2.05) is 12.1 Å². The molecule has 1 N–H and O–H groups in total. The number of pyridine rings is 1. The van der Waals surface area contributed by atoms with Crippen LogP contribution in [-0.4, -0.2) is 35.6 Å². The first-order valence-corrected chi connectivity index (χ1v) is 6.44. The highest BCUT2D eigenvalue weighted by Gasteiger charge is 2.34. The number of nitrogens with one attached hydrogen (secondary N) is 1. The van der Waals surface area contributed by atoms with Gasteiger partial charge in [-0.1, -0.05) is 11.6 Å². The Balaban J connectivity index is 2.07. The number of hydrogen-bond donors (Lipinski definition) is 1. The fourth-order valence-corrected chi connectivity index (χ4v) is 2.85. The largest absolute Gasteiger partial charge is 0.378 e. The maximum Gasteiger partial charge on any atom is 0.227 e. The molecule has 0 saturated carbocycles. The van der Waals surface area contributed by atoms with Crippen molar-refractivity contribution >= 4 is 29.0 Å². The van der Waals surface area contributed by atoms with Crippen LogP contribution in [0.15, 0.2) is 18.3 Å². The predicted octanol–water partition coefficient (Wildman–Crippen LogP) is 1.58. The summed E-state index contributed by atoms with van der Waals surface area (Å²) < 4.78 is 5.46. The van der Waals surface area contributed by atoms with E-state index < -0.39 is 0 Å². The lowest BCUT2D eigenvalue weighted by atomic mass is 10.1. The lowest BCUT2D eigenvalue weighted by Gasteiger charge is -2.32. The molecule has 2 aliphatic rings. The van der Waals surface area contributed by atoms with Crippen molar-refractivity contribution in [2.45, 2.75) is 24.4 Å². The van der Waals surface area contributed by atoms with Crippen LogP contribution in [0.2, 0.25) is 0 Å². The Kier molecular flexibility index (Phi) is 3.09. The summed E-state index contributed by atoms with van der Waals surface area (Å²) in [6.45, 7) is 1.09. The fraction of sp³-hybridized carbons (Fsp3) is 0.500. The third kappa shape index (κ3) is 2.04. The van der Waals surface area contributed by atoms with Crippen molar-refractivity contribution < 1.29 is 9.53 Å². The van der Waals surface area contributed by atoms with E-state index in [0.717, 1.165) is 12.1 Å². The standard InChI is InChI=1S/C12H14ClN3O2/c13-10-7-18-5-3-8-6-11(17)15-12-9(16(8)10)2-1-4-14-12/h1-2,4,8,10H,3,5-7H2,(H,14,15,17). The summed E-state index contributed by atoms with van der Waals surface area (Å²) in [5.41, 5.74) is 0.604. The molecular weight excluding hydrogens is 254 g/mol. The van der Waals surface area contributed by atoms with Crippen molar-refractivity contribution in [2.24, 2.45) is 0 Å². The van der Waals surface area contributed by atoms with E-state index in [1.54, 1.807) is 6.20 Å². The van der Waals surface area contributed by atoms with Crippen LogP contribution in [0.1, 0.15) is 12.8 Å². The first-order valence-electron chi connectivity index (χ1n) is 6.01. The van der Waals surface area contributed by atoms with Gasteiger partial charge in [0.1, 0.15) is 5.50 Å². The molecule has 0 aromatic carbocycles. The van der Waals surface area contributed by atoms with E-state index in [0.29, 0.717) is 25.5 Å². The summed E-state index contributed by atoms with van der Waals surface area (Å²) in [5.74, 6) is 0.561. The second kappa shape index (κ2) is 4.74. The monoisotopic (exact) mass is 267 g/mol. The molecule has 1 amide bonds. The molecule has 0 spiro atoms.